The third-order valence-corrected chi connectivity index (χ3v) is 1.71. The summed E-state index contributed by atoms with van der Waals surface area (Å²) in [7, 11) is 1.62. The molecular formula is C8H13N2O2+. The van der Waals surface area contributed by atoms with Gasteiger partial charge in [-0.2, -0.15) is 0 Å². The zero-order chi connectivity index (χ0) is 8.81. The number of carbonyl (C=O) groups is 1. The molecule has 0 aromatic carbocycles. The fourth-order valence-electron chi connectivity index (χ4n) is 1.16. The van der Waals surface area contributed by atoms with Crippen molar-refractivity contribution in [2.24, 2.45) is 0 Å². The van der Waals surface area contributed by atoms with Gasteiger partial charge >= 0.3 is 0 Å². The van der Waals surface area contributed by atoms with Crippen LogP contribution in [0.25, 0.3) is 0 Å². The van der Waals surface area contributed by atoms with Crippen molar-refractivity contribution in [1.82, 2.24) is 5.32 Å². The fourth-order valence-corrected chi connectivity index (χ4v) is 1.16. The number of allylic oxidation sites excluding steroid dienone is 1. The number of rotatable bonds is 3. The van der Waals surface area contributed by atoms with E-state index in [1.54, 1.807) is 13.4 Å². The largest absolute Gasteiger partial charge is 0.466 e. The van der Waals surface area contributed by atoms with Gasteiger partial charge in [0.1, 0.15) is 0 Å². The summed E-state index contributed by atoms with van der Waals surface area (Å²) >= 11 is 0. The van der Waals surface area contributed by atoms with E-state index in [0.29, 0.717) is 6.41 Å². The van der Waals surface area contributed by atoms with E-state index >= 15 is 0 Å². The predicted molar refractivity (Wildman–Crippen MR) is 44.7 cm³/mol. The van der Waals surface area contributed by atoms with E-state index in [2.05, 4.69) is 5.32 Å². The third-order valence-electron chi connectivity index (χ3n) is 1.71. The number of methoxy groups -OCH3 is 1. The highest BCUT2D eigenvalue weighted by molar-refractivity contribution is 5.68. The van der Waals surface area contributed by atoms with Crippen LogP contribution in [-0.2, 0) is 9.53 Å². The molecular weight excluding hydrogens is 156 g/mol. The Morgan fingerprint density at radius 2 is 2.58 bits per heavy atom. The molecule has 0 aromatic rings. The van der Waals surface area contributed by atoms with Gasteiger partial charge in [0.15, 0.2) is 0 Å². The lowest BCUT2D eigenvalue weighted by molar-refractivity contribution is -0.510. The molecule has 1 rings (SSSR count). The van der Waals surface area contributed by atoms with Crippen LogP contribution in [0.4, 0.5) is 0 Å². The smallest absolute Gasteiger partial charge is 0.294 e. The quantitative estimate of drug-likeness (QED) is 0.368. The van der Waals surface area contributed by atoms with Gasteiger partial charge in [0.2, 0.25) is 6.34 Å². The van der Waals surface area contributed by atoms with Crippen LogP contribution < -0.4 is 5.32 Å². The summed E-state index contributed by atoms with van der Waals surface area (Å²) < 4.78 is 6.97. The van der Waals surface area contributed by atoms with Gasteiger partial charge in [-0.1, -0.05) is 0 Å². The van der Waals surface area contributed by atoms with Crippen molar-refractivity contribution < 1.29 is 14.1 Å². The van der Waals surface area contributed by atoms with Crippen LogP contribution in [0.15, 0.2) is 12.0 Å². The van der Waals surface area contributed by atoms with Crippen molar-refractivity contribution >= 4 is 12.7 Å². The Hall–Kier alpha value is -1.32. The molecule has 0 aromatic heterocycles. The van der Waals surface area contributed by atoms with E-state index in [4.69, 9.17) is 4.74 Å². The number of nitrogens with zero attached hydrogens (tertiary/aromatic N) is 1. The number of ether oxygens (including phenoxy) is 1. The second-order valence-electron chi connectivity index (χ2n) is 2.50. The van der Waals surface area contributed by atoms with E-state index in [1.165, 1.54) is 0 Å². The summed E-state index contributed by atoms with van der Waals surface area (Å²) in [5.74, 6) is 0.801. The Balaban J connectivity index is 2.66. The zero-order valence-corrected chi connectivity index (χ0v) is 7.12. The SMILES string of the molecule is COC1=CCCC[N+]1=CNC=O. The Labute approximate surface area is 71.5 Å². The number of amides is 1. The summed E-state index contributed by atoms with van der Waals surface area (Å²) in [5.41, 5.74) is 0. The third kappa shape index (κ3) is 2.08. The Morgan fingerprint density at radius 3 is 3.25 bits per heavy atom. The first-order chi connectivity index (χ1) is 5.88. The first-order valence-corrected chi connectivity index (χ1v) is 3.92. The molecule has 12 heavy (non-hydrogen) atoms. The molecule has 0 saturated carbocycles. The molecule has 4 nitrogen and oxygen atoms in total. The topological polar surface area (TPSA) is 41.3 Å². The van der Waals surface area contributed by atoms with Gasteiger partial charge in [-0.25, -0.2) is 9.89 Å². The lowest BCUT2D eigenvalue weighted by atomic mass is 10.2. The molecule has 0 bridgehead atoms. The highest BCUT2D eigenvalue weighted by Crippen LogP contribution is 2.08. The van der Waals surface area contributed by atoms with Crippen LogP contribution in [0.5, 0.6) is 0 Å². The summed E-state index contributed by atoms with van der Waals surface area (Å²) in [4.78, 5) is 10.0. The van der Waals surface area contributed by atoms with Crippen molar-refractivity contribution in [2.75, 3.05) is 13.7 Å². The maximum atomic E-state index is 10.0. The molecule has 0 aliphatic carbocycles. The fraction of sp³-hybridized carbons (Fsp3) is 0.500. The van der Waals surface area contributed by atoms with Crippen LogP contribution in [0.1, 0.15) is 12.8 Å². The minimum Gasteiger partial charge on any atom is -0.466 e. The molecule has 1 aliphatic heterocycles. The van der Waals surface area contributed by atoms with Crippen LogP contribution in [0.2, 0.25) is 0 Å². The average Bonchev–Trinajstić information content (AvgIpc) is 2.15. The molecule has 0 atom stereocenters. The van der Waals surface area contributed by atoms with Crippen LogP contribution >= 0.6 is 0 Å². The zero-order valence-electron chi connectivity index (χ0n) is 7.12. The highest BCUT2D eigenvalue weighted by atomic mass is 16.5. The van der Waals surface area contributed by atoms with Crippen LogP contribution in [0.3, 0.4) is 0 Å². The Bertz CT molecular complexity index is 221. The van der Waals surface area contributed by atoms with Crippen molar-refractivity contribution in [1.29, 1.82) is 0 Å². The van der Waals surface area contributed by atoms with Gasteiger partial charge in [0, 0.05) is 6.08 Å². The second kappa shape index (κ2) is 4.54. The van der Waals surface area contributed by atoms with Gasteiger partial charge in [-0.05, 0) is 12.8 Å². The minimum atomic E-state index is 0.641. The monoisotopic (exact) mass is 169 g/mol. The Kier molecular flexibility index (Phi) is 3.32. The molecule has 1 heterocycles. The number of carbonyl (C=O) groups excluding carboxylic acids is 1. The lowest BCUT2D eigenvalue weighted by Crippen LogP contribution is -2.25. The van der Waals surface area contributed by atoms with Crippen molar-refractivity contribution in [3.05, 3.63) is 12.0 Å². The Morgan fingerprint density at radius 1 is 1.75 bits per heavy atom. The maximum Gasteiger partial charge on any atom is 0.294 e. The molecule has 0 spiro atoms. The highest BCUT2D eigenvalue weighted by Gasteiger charge is 2.12. The van der Waals surface area contributed by atoms with E-state index in [1.807, 2.05) is 10.7 Å². The molecule has 1 amide bonds. The minimum absolute atomic E-state index is 0.641. The van der Waals surface area contributed by atoms with E-state index in [0.717, 1.165) is 25.3 Å². The van der Waals surface area contributed by atoms with Crippen LogP contribution in [-0.4, -0.2) is 31.0 Å². The molecule has 0 radical (unpaired) electrons. The summed E-state index contributed by atoms with van der Waals surface area (Å²) in [6, 6.07) is 0. The van der Waals surface area contributed by atoms with Gasteiger partial charge in [-0.15, -0.1) is 0 Å². The predicted octanol–water partition coefficient (Wildman–Crippen LogP) is 0.0548. The van der Waals surface area contributed by atoms with Crippen molar-refractivity contribution in [2.45, 2.75) is 12.8 Å². The standard InChI is InChI=1S/C8H12N2O2/c1-12-8-4-2-3-5-10(8)6-9-7-11/h4,6-7H,2-3,5H2,1H3/p+1. The van der Waals surface area contributed by atoms with Gasteiger partial charge < -0.3 is 4.74 Å². The van der Waals surface area contributed by atoms with Gasteiger partial charge in [-0.3, -0.25) is 4.79 Å². The molecule has 0 saturated heterocycles. The van der Waals surface area contributed by atoms with E-state index < -0.39 is 0 Å². The van der Waals surface area contributed by atoms with Crippen LogP contribution in [0, 0.1) is 0 Å². The number of hydrogen-bond donors (Lipinski definition) is 1. The molecule has 4 heteroatoms. The van der Waals surface area contributed by atoms with E-state index in [-0.39, 0.29) is 0 Å². The summed E-state index contributed by atoms with van der Waals surface area (Å²) in [6.45, 7) is 0.889. The molecule has 0 fully saturated rings. The van der Waals surface area contributed by atoms with Gasteiger partial charge in [0.25, 0.3) is 12.3 Å². The number of nitrogens with one attached hydrogen (secondary N) is 1. The summed E-state index contributed by atoms with van der Waals surface area (Å²) in [6.07, 6.45) is 6.38. The van der Waals surface area contributed by atoms with Crippen molar-refractivity contribution in [3.63, 3.8) is 0 Å². The maximum absolute atomic E-state index is 10.0. The second-order valence-corrected chi connectivity index (χ2v) is 2.50. The normalized spacial score (nSPS) is 20.1. The lowest BCUT2D eigenvalue weighted by Gasteiger charge is -2.12. The molecule has 0 unspecified atom stereocenters. The first-order valence-electron chi connectivity index (χ1n) is 3.92. The van der Waals surface area contributed by atoms with E-state index in [9.17, 15) is 4.79 Å². The van der Waals surface area contributed by atoms with Gasteiger partial charge in [0.05, 0.1) is 13.7 Å². The first kappa shape index (κ1) is 8.77. The molecule has 1 N–H and O–H groups in total. The molecule has 1 aliphatic rings. The van der Waals surface area contributed by atoms with Crippen molar-refractivity contribution in [3.8, 4) is 0 Å². The average molecular weight is 169 g/mol. The number of hydrogen-bond acceptors (Lipinski definition) is 2. The molecule has 66 valence electrons. The summed E-state index contributed by atoms with van der Waals surface area (Å²) in [5, 5.41) is 2.48.